The molecule has 6 heterocycles. The van der Waals surface area contributed by atoms with E-state index in [1.165, 1.54) is 5.56 Å². The summed E-state index contributed by atoms with van der Waals surface area (Å²) in [4.78, 5) is 11.8. The zero-order chi connectivity index (χ0) is 48.5. The Morgan fingerprint density at radius 3 is 1.89 bits per heavy atom. The van der Waals surface area contributed by atoms with E-state index in [2.05, 4.69) is 229 Å². The summed E-state index contributed by atoms with van der Waals surface area (Å²) in [5.74, 6) is 5.36. The molecule has 15 rings (SSSR count). The molecule has 2 aromatic heterocycles. The van der Waals surface area contributed by atoms with E-state index in [1.54, 1.807) is 0 Å². The van der Waals surface area contributed by atoms with Crippen LogP contribution in [0.15, 0.2) is 200 Å². The van der Waals surface area contributed by atoms with Gasteiger partial charge in [-0.1, -0.05) is 117 Å². The molecule has 4 aliphatic heterocycles. The zero-order valence-corrected chi connectivity index (χ0v) is 42.8. The minimum atomic E-state index is -0.0464. The minimum Gasteiger partial charge on any atom is -0.509 e. The minimum absolute atomic E-state index is 0. The summed E-state index contributed by atoms with van der Waals surface area (Å²) in [6.45, 7) is 8.81. The molecule has 0 amide bonds. The maximum absolute atomic E-state index is 6.73. The van der Waals surface area contributed by atoms with Gasteiger partial charge in [-0.15, -0.1) is 48.1 Å². The summed E-state index contributed by atoms with van der Waals surface area (Å²) in [7, 11) is 0. The van der Waals surface area contributed by atoms with Crippen molar-refractivity contribution in [2.24, 2.45) is 0 Å². The standard InChI is InChI=1S/C64H43BN5O3.Pt/c1-64(2,3)41-34-35-66-59(36-41)70-48-22-8-7-20-46(48)47-33-32-44(38-54(47)70)71-43-19-11-18-42(37-43)67-39-68(50-24-10-9-23-49(50)67)63-45(40-16-5-4-6-17-40)21-12-27-53(63)69-51-25-13-28-55-60(51)65-61-52(69)26-14-29-56(61)73-58-31-15-30-57(72-55)62(58)65;/h4-36,39H,1-3H3;/q-3;. The third kappa shape index (κ3) is 6.69. The predicted octanol–water partition coefficient (Wildman–Crippen LogP) is 14.5. The number of rotatable bonds is 7. The molecule has 0 N–H and O–H groups in total. The van der Waals surface area contributed by atoms with E-state index >= 15 is 0 Å². The van der Waals surface area contributed by atoms with E-state index in [0.29, 0.717) is 11.5 Å². The van der Waals surface area contributed by atoms with Crippen LogP contribution in [0.2, 0.25) is 0 Å². The molecule has 358 valence electrons. The molecule has 0 spiro atoms. The molecule has 0 atom stereocenters. The number of fused-ring (bicyclic) bond motifs is 4. The molecule has 0 saturated heterocycles. The van der Waals surface area contributed by atoms with Gasteiger partial charge in [0.1, 0.15) is 28.8 Å². The molecule has 4 aliphatic rings. The van der Waals surface area contributed by atoms with Gasteiger partial charge in [0, 0.05) is 83.7 Å². The van der Waals surface area contributed by atoms with Crippen LogP contribution in [0.5, 0.6) is 34.5 Å². The first kappa shape index (κ1) is 44.2. The third-order valence-electron chi connectivity index (χ3n) is 14.7. The van der Waals surface area contributed by atoms with E-state index in [9.17, 15) is 0 Å². The Balaban J connectivity index is 0.00000505. The summed E-state index contributed by atoms with van der Waals surface area (Å²) < 4.78 is 22.4. The fourth-order valence-electron chi connectivity index (χ4n) is 11.5. The first-order chi connectivity index (χ1) is 35.8. The fourth-order valence-corrected chi connectivity index (χ4v) is 11.5. The number of pyridine rings is 1. The smallest absolute Gasteiger partial charge is 0.266 e. The van der Waals surface area contributed by atoms with Crippen LogP contribution in [0.25, 0.3) is 38.8 Å². The Morgan fingerprint density at radius 1 is 0.541 bits per heavy atom. The number of hydrogen-bond donors (Lipinski definition) is 0. The molecule has 10 heteroatoms. The molecule has 0 unspecified atom stereocenters. The topological polar surface area (TPSA) is 55.2 Å². The molecule has 8 nitrogen and oxygen atoms in total. The van der Waals surface area contributed by atoms with Crippen LogP contribution < -0.4 is 45.3 Å². The van der Waals surface area contributed by atoms with Crippen LogP contribution in [0.1, 0.15) is 26.3 Å². The molecule has 0 bridgehead atoms. The van der Waals surface area contributed by atoms with Gasteiger partial charge in [-0.2, -0.15) is 12.1 Å². The van der Waals surface area contributed by atoms with Crippen LogP contribution in [-0.4, -0.2) is 16.3 Å². The Labute approximate surface area is 444 Å². The van der Waals surface area contributed by atoms with Crippen molar-refractivity contribution < 1.29 is 35.3 Å². The second-order valence-electron chi connectivity index (χ2n) is 20.0. The van der Waals surface area contributed by atoms with Crippen molar-refractivity contribution in [3.05, 3.63) is 225 Å². The largest absolute Gasteiger partial charge is 0.509 e. The summed E-state index contributed by atoms with van der Waals surface area (Å²) >= 11 is 0. The third-order valence-corrected chi connectivity index (χ3v) is 14.7. The van der Waals surface area contributed by atoms with Gasteiger partial charge in [0.15, 0.2) is 0 Å². The van der Waals surface area contributed by atoms with Crippen molar-refractivity contribution in [2.75, 3.05) is 14.7 Å². The summed E-state index contributed by atoms with van der Waals surface area (Å²) in [6.07, 6.45) is 1.90. The summed E-state index contributed by atoms with van der Waals surface area (Å²) in [6, 6.07) is 75.0. The van der Waals surface area contributed by atoms with Gasteiger partial charge in [0.25, 0.3) is 6.71 Å². The van der Waals surface area contributed by atoms with Gasteiger partial charge in [-0.05, 0) is 106 Å². The molecule has 0 radical (unpaired) electrons. The Hall–Kier alpha value is -8.52. The number of benzene rings is 9. The normalized spacial score (nSPS) is 13.6. The van der Waals surface area contributed by atoms with E-state index in [-0.39, 0.29) is 33.2 Å². The first-order valence-corrected chi connectivity index (χ1v) is 24.7. The molecular weight excluding hydrogens is 1090 g/mol. The molecular formula is C64H43BN5O3Pt-3. The zero-order valence-electron chi connectivity index (χ0n) is 40.5. The van der Waals surface area contributed by atoms with Gasteiger partial charge in [0.2, 0.25) is 0 Å². The maximum Gasteiger partial charge on any atom is 0.266 e. The van der Waals surface area contributed by atoms with Gasteiger partial charge >= 0.3 is 0 Å². The van der Waals surface area contributed by atoms with Crippen molar-refractivity contribution in [1.29, 1.82) is 0 Å². The second kappa shape index (κ2) is 16.8. The van der Waals surface area contributed by atoms with E-state index < -0.39 is 0 Å². The van der Waals surface area contributed by atoms with Crippen LogP contribution in [0.4, 0.5) is 39.8 Å². The van der Waals surface area contributed by atoms with Crippen molar-refractivity contribution >= 4 is 84.7 Å². The van der Waals surface area contributed by atoms with E-state index in [4.69, 9.17) is 19.2 Å². The SMILES string of the molecule is CC(C)(C)c1ccnc(-n2c3[c-]c(Oc4[c-]c(N5[CH-]N(c6c(-c7ccccc7)cccc6N6c7cccc8c7B7c9c(cccc9Oc9cccc6c97)O8)c6ccccc65)ccc4)ccc3c3ccccc32)c1.[Pt]. The number of ether oxygens (including phenoxy) is 3. The average molecular weight is 1140 g/mol. The van der Waals surface area contributed by atoms with Crippen LogP contribution in [0.3, 0.4) is 0 Å². The molecule has 0 fully saturated rings. The first-order valence-electron chi connectivity index (χ1n) is 24.7. The van der Waals surface area contributed by atoms with Crippen LogP contribution in [-0.2, 0) is 26.5 Å². The predicted molar refractivity (Wildman–Crippen MR) is 294 cm³/mol. The van der Waals surface area contributed by atoms with Crippen molar-refractivity contribution in [1.82, 2.24) is 9.55 Å². The van der Waals surface area contributed by atoms with E-state index in [0.717, 1.165) is 118 Å². The monoisotopic (exact) mass is 1140 g/mol. The summed E-state index contributed by atoms with van der Waals surface area (Å²) in [5, 5.41) is 2.21. The number of nitrogens with zero attached hydrogens (tertiary/aromatic N) is 5. The fraction of sp³-hybridized carbons (Fsp3) is 0.0625. The number of aromatic nitrogens is 2. The Bertz CT molecular complexity index is 4020. The molecule has 9 aromatic carbocycles. The summed E-state index contributed by atoms with van der Waals surface area (Å²) in [5.41, 5.74) is 15.6. The molecule has 11 aromatic rings. The second-order valence-corrected chi connectivity index (χ2v) is 20.0. The van der Waals surface area contributed by atoms with Crippen molar-refractivity contribution in [3.8, 4) is 51.4 Å². The Morgan fingerprint density at radius 2 is 1.15 bits per heavy atom. The Kier molecular flexibility index (Phi) is 10.0. The molecule has 0 aliphatic carbocycles. The maximum atomic E-state index is 6.73. The van der Waals surface area contributed by atoms with Crippen LogP contribution >= 0.6 is 0 Å². The number of hydrogen-bond acceptors (Lipinski definition) is 7. The van der Waals surface area contributed by atoms with Crippen LogP contribution in [0, 0.1) is 18.8 Å². The average Bonchev–Trinajstić information content (AvgIpc) is 3.99. The van der Waals surface area contributed by atoms with Gasteiger partial charge in [0.05, 0.1) is 5.69 Å². The molecule has 74 heavy (non-hydrogen) atoms. The van der Waals surface area contributed by atoms with Gasteiger partial charge in [-0.3, -0.25) is 0 Å². The quantitative estimate of drug-likeness (QED) is 0.116. The van der Waals surface area contributed by atoms with E-state index in [1.807, 2.05) is 30.5 Å². The van der Waals surface area contributed by atoms with Gasteiger partial charge in [-0.25, -0.2) is 4.98 Å². The molecule has 0 saturated carbocycles. The van der Waals surface area contributed by atoms with Crippen molar-refractivity contribution in [2.45, 2.75) is 26.2 Å². The van der Waals surface area contributed by atoms with Gasteiger partial charge < -0.3 is 33.5 Å². The number of para-hydroxylation sites is 4. The van der Waals surface area contributed by atoms with Crippen molar-refractivity contribution in [3.63, 3.8) is 0 Å². The number of anilines is 7.